The van der Waals surface area contributed by atoms with Crippen LogP contribution in [0.4, 0.5) is 13.2 Å². The van der Waals surface area contributed by atoms with Gasteiger partial charge in [-0.1, -0.05) is 59.1 Å². The number of rotatable bonds is 3. The fourth-order valence-electron chi connectivity index (χ4n) is 3.13. The Morgan fingerprint density at radius 3 is 2.03 bits per heavy atom. The third-order valence-electron chi connectivity index (χ3n) is 4.61. The highest BCUT2D eigenvalue weighted by Gasteiger charge is 2.36. The Bertz CT molecular complexity index is 1270. The lowest BCUT2D eigenvalue weighted by Crippen LogP contribution is -2.08. The lowest BCUT2D eigenvalue weighted by molar-refractivity contribution is -0.137. The second-order valence-corrected chi connectivity index (χ2v) is 8.04. The van der Waals surface area contributed by atoms with Gasteiger partial charge in [0.05, 0.1) is 21.9 Å². The van der Waals surface area contributed by atoms with Gasteiger partial charge in [0.2, 0.25) is 0 Å². The molecule has 0 aliphatic carbocycles. The minimum absolute atomic E-state index is 0.0498. The maximum atomic E-state index is 13.0. The highest BCUT2D eigenvalue weighted by Crippen LogP contribution is 2.43. The Labute approximate surface area is 195 Å². The number of hydrogen-bond donors (Lipinski definition) is 0. The number of carbonyl (C=O) groups is 1. The molecule has 1 aliphatic rings. The van der Waals surface area contributed by atoms with E-state index in [0.717, 1.165) is 6.07 Å². The number of nitrogens with zero attached hydrogens (tertiary/aromatic N) is 1. The van der Waals surface area contributed by atoms with Gasteiger partial charge in [-0.2, -0.15) is 13.2 Å². The van der Waals surface area contributed by atoms with Crippen LogP contribution in [-0.4, -0.2) is 11.0 Å². The molecule has 3 aromatic rings. The summed E-state index contributed by atoms with van der Waals surface area (Å²) in [5.41, 5.74) is 0.379. The first-order valence-electron chi connectivity index (χ1n) is 9.06. The molecule has 2 heterocycles. The van der Waals surface area contributed by atoms with Crippen LogP contribution in [0.25, 0.3) is 17.2 Å². The van der Waals surface area contributed by atoms with E-state index in [0.29, 0.717) is 32.9 Å². The quantitative estimate of drug-likeness (QED) is 0.351. The van der Waals surface area contributed by atoms with Crippen molar-refractivity contribution >= 4 is 58.0 Å². The Hall–Kier alpha value is -2.80. The number of halogens is 6. The Balaban J connectivity index is 1.93. The van der Waals surface area contributed by atoms with Crippen LogP contribution < -0.4 is 0 Å². The van der Waals surface area contributed by atoms with Gasteiger partial charge in [0.1, 0.15) is 5.76 Å². The molecule has 9 heteroatoms. The van der Waals surface area contributed by atoms with Gasteiger partial charge < -0.3 is 4.74 Å². The summed E-state index contributed by atoms with van der Waals surface area (Å²) in [7, 11) is 0. The van der Waals surface area contributed by atoms with E-state index < -0.39 is 17.7 Å². The van der Waals surface area contributed by atoms with Crippen LogP contribution in [0.2, 0.25) is 15.1 Å². The molecule has 0 atom stereocenters. The van der Waals surface area contributed by atoms with E-state index in [-0.39, 0.29) is 22.0 Å². The monoisotopic (exact) mass is 495 g/mol. The van der Waals surface area contributed by atoms with Crippen molar-refractivity contribution < 1.29 is 22.7 Å². The second kappa shape index (κ2) is 8.62. The average Bonchev–Trinajstić information content (AvgIpc) is 3.05. The van der Waals surface area contributed by atoms with Crippen molar-refractivity contribution in [3.05, 3.63) is 104 Å². The standard InChI is InChI=1S/C23H11Cl3F3NO2/c24-15-5-1-12(2-6-15)9-18-19(13-3-7-16(25)8-4-13)20(22(31)32-18)21-17(26)10-14(11-30-21)23(27,28)29/h1-11H. The van der Waals surface area contributed by atoms with Crippen LogP contribution in [0.5, 0.6) is 0 Å². The number of cyclic esters (lactones) is 1. The molecule has 0 N–H and O–H groups in total. The lowest BCUT2D eigenvalue weighted by Gasteiger charge is -2.10. The summed E-state index contributed by atoms with van der Waals surface area (Å²) in [5.74, 6) is -0.600. The summed E-state index contributed by atoms with van der Waals surface area (Å²) in [5, 5.41) is 0.673. The first kappa shape index (κ1) is 22.4. The van der Waals surface area contributed by atoms with E-state index in [9.17, 15) is 18.0 Å². The zero-order chi connectivity index (χ0) is 23.0. The molecule has 1 aromatic heterocycles. The van der Waals surface area contributed by atoms with Crippen LogP contribution in [0, 0.1) is 0 Å². The van der Waals surface area contributed by atoms with Gasteiger partial charge in [-0.15, -0.1) is 0 Å². The number of allylic oxidation sites excluding steroid dienone is 1. The molecule has 2 aromatic carbocycles. The summed E-state index contributed by atoms with van der Waals surface area (Å²) in [6.45, 7) is 0. The molecule has 0 unspecified atom stereocenters. The first-order chi connectivity index (χ1) is 15.1. The molecule has 4 rings (SSSR count). The second-order valence-electron chi connectivity index (χ2n) is 6.76. The zero-order valence-corrected chi connectivity index (χ0v) is 18.2. The Kier molecular flexibility index (Phi) is 6.03. The molecule has 162 valence electrons. The zero-order valence-electron chi connectivity index (χ0n) is 15.9. The number of ether oxygens (including phenoxy) is 1. The molecule has 0 fully saturated rings. The normalized spacial score (nSPS) is 15.4. The smallest absolute Gasteiger partial charge is 0.417 e. The predicted octanol–water partition coefficient (Wildman–Crippen LogP) is 7.57. The topological polar surface area (TPSA) is 39.2 Å². The van der Waals surface area contributed by atoms with Crippen LogP contribution in [-0.2, 0) is 15.7 Å². The summed E-state index contributed by atoms with van der Waals surface area (Å²) in [6.07, 6.45) is -2.39. The van der Waals surface area contributed by atoms with Crippen molar-refractivity contribution in [1.29, 1.82) is 0 Å². The predicted molar refractivity (Wildman–Crippen MR) is 118 cm³/mol. The van der Waals surface area contributed by atoms with Crippen LogP contribution in [0.3, 0.4) is 0 Å². The molecule has 0 saturated carbocycles. The summed E-state index contributed by atoms with van der Waals surface area (Å²) in [4.78, 5) is 16.7. The third-order valence-corrected chi connectivity index (χ3v) is 5.40. The number of carbonyl (C=O) groups excluding carboxylic acids is 1. The summed E-state index contributed by atoms with van der Waals surface area (Å²) in [6, 6.07) is 14.1. The molecular formula is C23H11Cl3F3NO2. The van der Waals surface area contributed by atoms with E-state index in [4.69, 9.17) is 39.5 Å². The van der Waals surface area contributed by atoms with Crippen molar-refractivity contribution in [1.82, 2.24) is 4.98 Å². The maximum Gasteiger partial charge on any atom is 0.417 e. The molecule has 0 spiro atoms. The van der Waals surface area contributed by atoms with Crippen molar-refractivity contribution in [2.75, 3.05) is 0 Å². The highest BCUT2D eigenvalue weighted by molar-refractivity contribution is 6.38. The lowest BCUT2D eigenvalue weighted by atomic mass is 9.96. The van der Waals surface area contributed by atoms with Gasteiger partial charge in [-0.25, -0.2) is 4.79 Å². The van der Waals surface area contributed by atoms with Crippen molar-refractivity contribution in [3.63, 3.8) is 0 Å². The number of benzene rings is 2. The molecule has 0 saturated heterocycles. The van der Waals surface area contributed by atoms with E-state index >= 15 is 0 Å². The number of alkyl halides is 3. The highest BCUT2D eigenvalue weighted by atomic mass is 35.5. The molecule has 0 amide bonds. The molecule has 1 aliphatic heterocycles. The average molecular weight is 497 g/mol. The molecule has 3 nitrogen and oxygen atoms in total. The van der Waals surface area contributed by atoms with Gasteiger partial charge in [0.15, 0.2) is 0 Å². The third kappa shape index (κ3) is 4.53. The number of hydrogen-bond acceptors (Lipinski definition) is 3. The molecule has 0 radical (unpaired) electrons. The summed E-state index contributed by atoms with van der Waals surface area (Å²) < 4.78 is 44.6. The number of esters is 1. The Morgan fingerprint density at radius 2 is 1.47 bits per heavy atom. The van der Waals surface area contributed by atoms with Crippen LogP contribution in [0.15, 0.2) is 66.6 Å². The fraction of sp³-hybridized carbons (Fsp3) is 0.0435. The number of pyridine rings is 1. The van der Waals surface area contributed by atoms with Crippen LogP contribution >= 0.6 is 34.8 Å². The van der Waals surface area contributed by atoms with E-state index in [1.54, 1.807) is 54.6 Å². The fourth-order valence-corrected chi connectivity index (χ4v) is 3.65. The molecular weight excluding hydrogens is 486 g/mol. The van der Waals surface area contributed by atoms with Crippen molar-refractivity contribution in [3.8, 4) is 0 Å². The molecule has 32 heavy (non-hydrogen) atoms. The molecule has 0 bridgehead atoms. The first-order valence-corrected chi connectivity index (χ1v) is 10.2. The van der Waals surface area contributed by atoms with Crippen LogP contribution in [0.1, 0.15) is 22.4 Å². The van der Waals surface area contributed by atoms with E-state index in [2.05, 4.69) is 4.98 Å². The van der Waals surface area contributed by atoms with E-state index in [1.165, 1.54) is 0 Å². The largest absolute Gasteiger partial charge is 0.422 e. The maximum absolute atomic E-state index is 13.0. The summed E-state index contributed by atoms with van der Waals surface area (Å²) >= 11 is 18.0. The minimum atomic E-state index is -4.63. The SMILES string of the molecule is O=C1OC(=Cc2ccc(Cl)cc2)C(c2ccc(Cl)cc2)=C1c1ncc(C(F)(F)F)cc1Cl. The van der Waals surface area contributed by atoms with Gasteiger partial charge in [0, 0.05) is 21.8 Å². The van der Waals surface area contributed by atoms with Crippen molar-refractivity contribution in [2.45, 2.75) is 6.18 Å². The van der Waals surface area contributed by atoms with Gasteiger partial charge in [0.25, 0.3) is 0 Å². The van der Waals surface area contributed by atoms with Gasteiger partial charge >= 0.3 is 12.1 Å². The minimum Gasteiger partial charge on any atom is -0.422 e. The van der Waals surface area contributed by atoms with Gasteiger partial charge in [-0.05, 0) is 47.5 Å². The number of aromatic nitrogens is 1. The van der Waals surface area contributed by atoms with E-state index in [1.807, 2.05) is 0 Å². The van der Waals surface area contributed by atoms with Gasteiger partial charge in [-0.3, -0.25) is 4.98 Å². The Morgan fingerprint density at radius 1 is 0.875 bits per heavy atom. The van der Waals surface area contributed by atoms with Crippen molar-refractivity contribution in [2.24, 2.45) is 0 Å².